The number of fused-ring (bicyclic) bond motifs is 7. The van der Waals surface area contributed by atoms with Gasteiger partial charge in [0.15, 0.2) is 12.9 Å². The van der Waals surface area contributed by atoms with Gasteiger partial charge in [-0.05, 0) is 169 Å². The third-order valence-electron chi connectivity index (χ3n) is 15.3. The number of alkyl halides is 1. The minimum Gasteiger partial charge on any atom is -0.449 e. The molecule has 0 aromatic rings. The van der Waals surface area contributed by atoms with Crippen molar-refractivity contribution in [1.82, 2.24) is 0 Å². The maximum absolute atomic E-state index is 12.3. The van der Waals surface area contributed by atoms with E-state index in [1.165, 1.54) is 63.4 Å². The Kier molecular flexibility index (Phi) is 11.2. The molecule has 0 bridgehead atoms. The minimum absolute atomic E-state index is 0.0594. The molecule has 5 fully saturated rings. The Morgan fingerprint density at radius 1 is 0.729 bits per heavy atom. The zero-order chi connectivity index (χ0) is 36.3. The van der Waals surface area contributed by atoms with Crippen molar-refractivity contribution in [2.24, 2.45) is 67.5 Å². The lowest BCUT2D eigenvalue weighted by Gasteiger charge is -2.73. The zero-order valence-electron chi connectivity index (χ0n) is 33.1. The minimum atomic E-state index is -0.494. The largest absolute Gasteiger partial charge is 0.449 e. The molecule has 48 heavy (non-hydrogen) atoms. The fraction of sp³-hybridized carbons (Fsp3) is 0.905. The highest BCUT2D eigenvalue weighted by Gasteiger charge is 2.70. The average Bonchev–Trinajstić information content (AvgIpc) is 3.32. The van der Waals surface area contributed by atoms with Crippen LogP contribution >= 0.6 is 11.6 Å². The summed E-state index contributed by atoms with van der Waals surface area (Å²) in [5.74, 6) is 3.37. The van der Waals surface area contributed by atoms with Crippen LogP contribution < -0.4 is 0 Å². The zero-order valence-corrected chi connectivity index (χ0v) is 33.8. The van der Waals surface area contributed by atoms with Crippen molar-refractivity contribution in [3.63, 3.8) is 0 Å². The molecule has 0 radical (unpaired) electrons. The number of carbonyl (C=O) groups excluding carboxylic acids is 2. The number of rotatable bonds is 5. The van der Waals surface area contributed by atoms with Gasteiger partial charge < -0.3 is 14.2 Å². The van der Waals surface area contributed by atoms with Gasteiger partial charge in [-0.3, -0.25) is 9.59 Å². The molecule has 0 unspecified atom stereocenters. The van der Waals surface area contributed by atoms with E-state index >= 15 is 0 Å². The predicted octanol–water partition coefficient (Wildman–Crippen LogP) is 11.4. The predicted molar refractivity (Wildman–Crippen MR) is 196 cm³/mol. The molecule has 0 saturated heterocycles. The lowest BCUT2D eigenvalue weighted by molar-refractivity contribution is -0.256. The standard InChI is InChI=1S/C36H60O3.C6H11ClO2/c1-23(2)24-14-17-33(8)20-21-35(10)25(29(24)33)12-13-27-34(9)18-16-28(38-22-39-30(37)31(3,4)5)32(6,7)26(34)15-19-36(27,35)11;1-6(2,3)5(8)9-4-7/h24-29H,1,12-22H2,2-11H3;4H2,1-3H3/t24-,25+,26-,27+,28-,29+,33+,34-,35+,36+;/m0./s1. The van der Waals surface area contributed by atoms with Gasteiger partial charge in [-0.2, -0.15) is 0 Å². The monoisotopic (exact) mass is 690 g/mol. The molecule has 0 amide bonds. The topological polar surface area (TPSA) is 61.8 Å². The van der Waals surface area contributed by atoms with Crippen molar-refractivity contribution in [3.05, 3.63) is 12.2 Å². The van der Waals surface area contributed by atoms with Crippen LogP contribution in [0.1, 0.15) is 154 Å². The van der Waals surface area contributed by atoms with E-state index in [1.807, 2.05) is 20.8 Å². The summed E-state index contributed by atoms with van der Waals surface area (Å²) in [5.41, 5.74) is 2.27. The molecule has 0 aromatic carbocycles. The molecular weight excluding hydrogens is 620 g/mol. The second kappa shape index (κ2) is 13.5. The molecule has 10 atom stereocenters. The summed E-state index contributed by atoms with van der Waals surface area (Å²) < 4.78 is 16.4. The summed E-state index contributed by atoms with van der Waals surface area (Å²) >= 11 is 5.16. The first-order valence-electron chi connectivity index (χ1n) is 19.1. The first kappa shape index (κ1) is 39.7. The summed E-state index contributed by atoms with van der Waals surface area (Å²) in [7, 11) is 0. The fourth-order valence-corrected chi connectivity index (χ4v) is 12.5. The van der Waals surface area contributed by atoms with Crippen molar-refractivity contribution < 1.29 is 23.8 Å². The first-order valence-corrected chi connectivity index (χ1v) is 19.6. The third kappa shape index (κ3) is 6.80. The normalized spacial score (nSPS) is 41.7. The highest BCUT2D eigenvalue weighted by molar-refractivity contribution is 6.17. The van der Waals surface area contributed by atoms with E-state index in [1.54, 1.807) is 20.8 Å². The Labute approximate surface area is 299 Å². The van der Waals surface area contributed by atoms with Gasteiger partial charge in [0.2, 0.25) is 0 Å². The average molecular weight is 691 g/mol. The molecule has 5 nitrogen and oxygen atoms in total. The van der Waals surface area contributed by atoms with Crippen LogP contribution in [0, 0.1) is 67.5 Å². The van der Waals surface area contributed by atoms with E-state index in [9.17, 15) is 9.59 Å². The molecule has 0 N–H and O–H groups in total. The maximum atomic E-state index is 12.3. The summed E-state index contributed by atoms with van der Waals surface area (Å²) in [6.07, 6.45) is 13.5. The van der Waals surface area contributed by atoms with Gasteiger partial charge in [-0.1, -0.05) is 65.3 Å². The molecule has 5 saturated carbocycles. The Morgan fingerprint density at radius 2 is 1.33 bits per heavy atom. The fourth-order valence-electron chi connectivity index (χ4n) is 12.4. The van der Waals surface area contributed by atoms with Crippen LogP contribution in [-0.2, 0) is 23.8 Å². The van der Waals surface area contributed by atoms with E-state index in [0.717, 1.165) is 30.1 Å². The van der Waals surface area contributed by atoms with Crippen LogP contribution in [0.2, 0.25) is 0 Å². The Balaban J connectivity index is 0.000000508. The van der Waals surface area contributed by atoms with Crippen LogP contribution in [-0.4, -0.2) is 30.9 Å². The summed E-state index contributed by atoms with van der Waals surface area (Å²) in [4.78, 5) is 23.1. The summed E-state index contributed by atoms with van der Waals surface area (Å²) in [6, 6.07) is -0.0594. The number of hydrogen-bond donors (Lipinski definition) is 0. The number of esters is 2. The molecular formula is C42H71ClO5. The van der Waals surface area contributed by atoms with Gasteiger partial charge in [0, 0.05) is 0 Å². The van der Waals surface area contributed by atoms with Gasteiger partial charge >= 0.3 is 11.9 Å². The Bertz CT molecular complexity index is 1210. The van der Waals surface area contributed by atoms with Crippen molar-refractivity contribution in [2.45, 2.75) is 160 Å². The van der Waals surface area contributed by atoms with E-state index in [-0.39, 0.29) is 36.3 Å². The van der Waals surface area contributed by atoms with Crippen LogP contribution in [0.4, 0.5) is 0 Å². The summed E-state index contributed by atoms with van der Waals surface area (Å²) in [6.45, 7) is 33.6. The number of allylic oxidation sites excluding steroid dienone is 1. The van der Waals surface area contributed by atoms with Crippen LogP contribution in [0.5, 0.6) is 0 Å². The molecule has 5 rings (SSSR count). The van der Waals surface area contributed by atoms with Gasteiger partial charge in [0.05, 0.1) is 16.9 Å². The lowest BCUT2D eigenvalue weighted by Crippen LogP contribution is -2.66. The number of hydrogen-bond acceptors (Lipinski definition) is 5. The quantitative estimate of drug-likeness (QED) is 0.124. The van der Waals surface area contributed by atoms with Gasteiger partial charge in [-0.15, -0.1) is 0 Å². The molecule has 5 aliphatic rings. The Morgan fingerprint density at radius 3 is 1.88 bits per heavy atom. The van der Waals surface area contributed by atoms with Crippen molar-refractivity contribution in [1.29, 1.82) is 0 Å². The van der Waals surface area contributed by atoms with Gasteiger partial charge in [0.1, 0.15) is 0 Å². The maximum Gasteiger partial charge on any atom is 0.313 e. The third-order valence-corrected chi connectivity index (χ3v) is 15.4. The van der Waals surface area contributed by atoms with Crippen molar-refractivity contribution in [3.8, 4) is 0 Å². The second-order valence-electron chi connectivity index (χ2n) is 20.4. The van der Waals surface area contributed by atoms with E-state index in [4.69, 9.17) is 21.1 Å². The van der Waals surface area contributed by atoms with E-state index in [2.05, 4.69) is 59.8 Å². The molecule has 6 heteroatoms. The molecule has 0 spiro atoms. The number of ether oxygens (including phenoxy) is 3. The molecule has 0 aliphatic heterocycles. The van der Waals surface area contributed by atoms with Gasteiger partial charge in [-0.25, -0.2) is 0 Å². The SMILES string of the molecule is C=C(C)[C@@H]1CC[C@]2(C)CC[C@]3(C)[C@H](CC[C@@H]4[C@@]5(C)CC[C@H](OCOC(=O)C(C)(C)C)C(C)(C)[C@@H]5CC[C@]43C)[C@@H]12.CC(C)(C)C(=O)OCCl. The van der Waals surface area contributed by atoms with Crippen LogP contribution in [0.3, 0.4) is 0 Å². The highest BCUT2D eigenvalue weighted by atomic mass is 35.5. The molecule has 0 aromatic heterocycles. The van der Waals surface area contributed by atoms with E-state index in [0.29, 0.717) is 27.6 Å². The first-order chi connectivity index (χ1) is 21.9. The van der Waals surface area contributed by atoms with Crippen LogP contribution in [0.15, 0.2) is 12.2 Å². The number of halogens is 1. The van der Waals surface area contributed by atoms with Crippen molar-refractivity contribution in [2.75, 3.05) is 12.9 Å². The second-order valence-corrected chi connectivity index (χ2v) is 20.7. The molecule has 276 valence electrons. The van der Waals surface area contributed by atoms with Crippen LogP contribution in [0.25, 0.3) is 0 Å². The highest BCUT2D eigenvalue weighted by Crippen LogP contribution is 2.77. The summed E-state index contributed by atoms with van der Waals surface area (Å²) in [5, 5.41) is 0. The Hall–Kier alpha value is -1.07. The molecule has 0 heterocycles. The lowest BCUT2D eigenvalue weighted by atomic mass is 9.32. The van der Waals surface area contributed by atoms with Gasteiger partial charge in [0.25, 0.3) is 0 Å². The van der Waals surface area contributed by atoms with E-state index < -0.39 is 10.8 Å². The smallest absolute Gasteiger partial charge is 0.313 e. The number of carbonyl (C=O) groups is 2. The van der Waals surface area contributed by atoms with Crippen molar-refractivity contribution >= 4 is 23.5 Å². The molecule has 5 aliphatic carbocycles.